The number of ether oxygens (including phenoxy) is 2. The normalized spacial score (nSPS) is 12.0. The van der Waals surface area contributed by atoms with E-state index in [1.807, 2.05) is 0 Å². The van der Waals surface area contributed by atoms with Crippen molar-refractivity contribution in [2.75, 3.05) is 12.4 Å². The molecule has 0 fully saturated rings. The van der Waals surface area contributed by atoms with E-state index in [0.717, 1.165) is 44.6 Å². The largest absolute Gasteiger partial charge is 0.478 e. The summed E-state index contributed by atoms with van der Waals surface area (Å²) in [6.07, 6.45) is 33.8. The van der Waals surface area contributed by atoms with E-state index in [9.17, 15) is 14.4 Å². The maximum atomic E-state index is 12.5. The van der Waals surface area contributed by atoms with E-state index in [2.05, 4.69) is 13.8 Å². The first kappa shape index (κ1) is 43.5. The molecule has 0 heterocycles. The van der Waals surface area contributed by atoms with Crippen molar-refractivity contribution in [2.24, 2.45) is 0 Å². The van der Waals surface area contributed by atoms with Gasteiger partial charge in [-0.3, -0.25) is 9.59 Å². The van der Waals surface area contributed by atoms with E-state index < -0.39 is 12.1 Å². The first-order valence-electron chi connectivity index (χ1n) is 18.9. The minimum atomic E-state index is -1.03. The Bertz CT molecular complexity index is 710. The minimum Gasteiger partial charge on any atom is -0.478 e. The van der Waals surface area contributed by atoms with Crippen LogP contribution in [0, 0.1) is 0 Å². The Morgan fingerprint density at radius 1 is 0.556 bits per heavy atom. The van der Waals surface area contributed by atoms with E-state index in [-0.39, 0.29) is 18.5 Å². The highest BCUT2D eigenvalue weighted by molar-refractivity contribution is 8.02. The monoisotopic (exact) mass is 654 g/mol. The number of carboxylic acid groups (broad SMARTS) is 1. The number of rotatable bonds is 35. The van der Waals surface area contributed by atoms with Crippen LogP contribution < -0.4 is 0 Å². The smallest absolute Gasteiger partial charge is 0.328 e. The van der Waals surface area contributed by atoms with E-state index in [0.29, 0.717) is 18.6 Å². The molecule has 0 bridgehead atoms. The van der Waals surface area contributed by atoms with Crippen molar-refractivity contribution < 1.29 is 29.0 Å². The SMILES string of the molecule is CCCCCCCCCCCCCCCC(=O)OCC(CS/C=C/C(=O)O)OC(=O)CCCCCCCCCCCCCCC. The van der Waals surface area contributed by atoms with Gasteiger partial charge in [-0.15, -0.1) is 11.8 Å². The van der Waals surface area contributed by atoms with Gasteiger partial charge in [0.25, 0.3) is 0 Å². The molecule has 1 unspecified atom stereocenters. The Morgan fingerprint density at radius 3 is 1.29 bits per heavy atom. The van der Waals surface area contributed by atoms with E-state index >= 15 is 0 Å². The molecule has 0 rings (SSSR count). The Hall–Kier alpha value is -1.50. The lowest BCUT2D eigenvalue weighted by atomic mass is 10.0. The highest BCUT2D eigenvalue weighted by Crippen LogP contribution is 2.16. The third kappa shape index (κ3) is 35.2. The van der Waals surface area contributed by atoms with Gasteiger partial charge in [-0.2, -0.15) is 0 Å². The van der Waals surface area contributed by atoms with Crippen molar-refractivity contribution in [3.63, 3.8) is 0 Å². The van der Waals surface area contributed by atoms with Crippen LogP contribution in [0.3, 0.4) is 0 Å². The van der Waals surface area contributed by atoms with Gasteiger partial charge in [0.05, 0.1) is 0 Å². The topological polar surface area (TPSA) is 89.9 Å². The van der Waals surface area contributed by atoms with Gasteiger partial charge in [-0.05, 0) is 18.2 Å². The number of hydrogen-bond donors (Lipinski definition) is 1. The lowest BCUT2D eigenvalue weighted by molar-refractivity contribution is -0.157. The molecule has 0 aromatic heterocycles. The number of carboxylic acids is 1. The summed E-state index contributed by atoms with van der Waals surface area (Å²) in [5.41, 5.74) is 0. The molecule has 1 atom stereocenters. The number of aliphatic carboxylic acids is 1. The predicted molar refractivity (Wildman–Crippen MR) is 191 cm³/mol. The van der Waals surface area contributed by atoms with Crippen LogP contribution >= 0.6 is 11.8 Å². The Labute approximate surface area is 281 Å². The second-order valence-electron chi connectivity index (χ2n) is 12.8. The summed E-state index contributed by atoms with van der Waals surface area (Å²) in [6.45, 7) is 4.52. The first-order chi connectivity index (χ1) is 22.0. The summed E-state index contributed by atoms with van der Waals surface area (Å²) in [4.78, 5) is 35.5. The zero-order valence-electron chi connectivity index (χ0n) is 29.3. The van der Waals surface area contributed by atoms with Crippen molar-refractivity contribution in [1.29, 1.82) is 0 Å². The maximum Gasteiger partial charge on any atom is 0.328 e. The zero-order valence-corrected chi connectivity index (χ0v) is 30.2. The quantitative estimate of drug-likeness (QED) is 0.0413. The van der Waals surface area contributed by atoms with Crippen LogP contribution in [0.5, 0.6) is 0 Å². The Balaban J connectivity index is 4.00. The molecule has 6 nitrogen and oxygen atoms in total. The lowest BCUT2D eigenvalue weighted by Crippen LogP contribution is -2.27. The van der Waals surface area contributed by atoms with Crippen LogP contribution in [-0.4, -0.2) is 41.5 Å². The fraction of sp³-hybridized carbons (Fsp3) is 0.868. The van der Waals surface area contributed by atoms with Crippen molar-refractivity contribution >= 4 is 29.7 Å². The molecule has 0 amide bonds. The number of thioether (sulfide) groups is 1. The highest BCUT2D eigenvalue weighted by Gasteiger charge is 2.17. The van der Waals surface area contributed by atoms with Gasteiger partial charge in [0, 0.05) is 24.7 Å². The van der Waals surface area contributed by atoms with E-state index in [1.165, 1.54) is 146 Å². The zero-order chi connectivity index (χ0) is 33.1. The van der Waals surface area contributed by atoms with E-state index in [1.54, 1.807) is 0 Å². The molecule has 7 heteroatoms. The fourth-order valence-corrected chi connectivity index (χ4v) is 6.17. The summed E-state index contributed by atoms with van der Waals surface area (Å²) < 4.78 is 11.1. The number of carbonyl (C=O) groups is 3. The van der Waals surface area contributed by atoms with Gasteiger partial charge < -0.3 is 14.6 Å². The first-order valence-corrected chi connectivity index (χ1v) is 19.9. The second kappa shape index (κ2) is 35.4. The van der Waals surface area contributed by atoms with Crippen LogP contribution in [0.25, 0.3) is 0 Å². The van der Waals surface area contributed by atoms with Gasteiger partial charge in [0.1, 0.15) is 12.7 Å². The van der Waals surface area contributed by atoms with Gasteiger partial charge >= 0.3 is 17.9 Å². The van der Waals surface area contributed by atoms with Crippen LogP contribution in [0.4, 0.5) is 0 Å². The molecule has 0 aromatic carbocycles. The molecule has 0 aliphatic rings. The van der Waals surface area contributed by atoms with Gasteiger partial charge in [-0.25, -0.2) is 4.79 Å². The minimum absolute atomic E-state index is 0.00946. The molecular weight excluding hydrogens is 584 g/mol. The third-order valence-corrected chi connectivity index (χ3v) is 9.18. The fourth-order valence-electron chi connectivity index (χ4n) is 5.46. The summed E-state index contributed by atoms with van der Waals surface area (Å²) in [6, 6.07) is 0. The molecule has 0 spiro atoms. The molecule has 1 N–H and O–H groups in total. The molecule has 0 saturated carbocycles. The van der Waals surface area contributed by atoms with Crippen LogP contribution in [0.1, 0.15) is 194 Å². The molecule has 0 aromatic rings. The average Bonchev–Trinajstić information content (AvgIpc) is 3.02. The summed E-state index contributed by atoms with van der Waals surface area (Å²) in [5, 5.41) is 10.3. The Kier molecular flexibility index (Phi) is 34.2. The number of esters is 2. The summed E-state index contributed by atoms with van der Waals surface area (Å²) in [7, 11) is 0. The van der Waals surface area contributed by atoms with Crippen LogP contribution in [0.2, 0.25) is 0 Å². The molecule has 264 valence electrons. The Morgan fingerprint density at radius 2 is 0.911 bits per heavy atom. The van der Waals surface area contributed by atoms with E-state index in [4.69, 9.17) is 14.6 Å². The van der Waals surface area contributed by atoms with Crippen molar-refractivity contribution in [2.45, 2.75) is 200 Å². The van der Waals surface area contributed by atoms with Crippen molar-refractivity contribution in [3.05, 3.63) is 11.5 Å². The predicted octanol–water partition coefficient (Wildman–Crippen LogP) is 11.7. The second-order valence-corrected chi connectivity index (χ2v) is 13.7. The van der Waals surface area contributed by atoms with Crippen molar-refractivity contribution in [3.8, 4) is 0 Å². The molecule has 0 aliphatic heterocycles. The van der Waals surface area contributed by atoms with Gasteiger partial charge in [0.15, 0.2) is 0 Å². The molecule has 45 heavy (non-hydrogen) atoms. The van der Waals surface area contributed by atoms with Gasteiger partial charge in [0.2, 0.25) is 0 Å². The standard InChI is InChI=1S/C38H70O6S/c1-3-5-7-9-11-13-15-17-19-21-23-25-27-29-37(41)43-33-35(34-45-32-31-36(39)40)44-38(42)30-28-26-24-22-20-18-16-14-12-10-8-6-4-2/h31-32,35H,3-30,33-34H2,1-2H3,(H,39,40)/b32-31+. The summed E-state index contributed by atoms with van der Waals surface area (Å²) >= 11 is 1.24. The maximum absolute atomic E-state index is 12.5. The number of unbranched alkanes of at least 4 members (excludes halogenated alkanes) is 24. The third-order valence-electron chi connectivity index (χ3n) is 8.29. The highest BCUT2D eigenvalue weighted by atomic mass is 32.2. The molecule has 0 radical (unpaired) electrons. The number of carbonyl (C=O) groups excluding carboxylic acids is 2. The summed E-state index contributed by atoms with van der Waals surface area (Å²) in [5.74, 6) is -1.22. The average molecular weight is 655 g/mol. The van der Waals surface area contributed by atoms with Crippen LogP contribution in [0.15, 0.2) is 11.5 Å². The number of hydrogen-bond acceptors (Lipinski definition) is 6. The van der Waals surface area contributed by atoms with Gasteiger partial charge in [-0.1, -0.05) is 168 Å². The lowest BCUT2D eigenvalue weighted by Gasteiger charge is -2.17. The van der Waals surface area contributed by atoms with Crippen molar-refractivity contribution in [1.82, 2.24) is 0 Å². The van der Waals surface area contributed by atoms with Crippen LogP contribution in [-0.2, 0) is 23.9 Å². The molecule has 0 saturated heterocycles. The molecule has 0 aliphatic carbocycles. The molecular formula is C38H70O6S.